The molecule has 1 fully saturated rings. The molecule has 0 bridgehead atoms. The molecule has 4 heteroatoms. The van der Waals surface area contributed by atoms with E-state index in [1.807, 2.05) is 12.1 Å². The third-order valence-electron chi connectivity index (χ3n) is 3.44. The molecule has 2 atom stereocenters. The number of piperidine rings is 1. The highest BCUT2D eigenvalue weighted by molar-refractivity contribution is 9.11. The van der Waals surface area contributed by atoms with Crippen molar-refractivity contribution in [3.8, 4) is 0 Å². The van der Waals surface area contributed by atoms with Gasteiger partial charge in [-0.25, -0.2) is 0 Å². The quantitative estimate of drug-likeness (QED) is 0.790. The highest BCUT2D eigenvalue weighted by atomic mass is 79.9. The van der Waals surface area contributed by atoms with Crippen molar-refractivity contribution < 1.29 is 4.79 Å². The number of likely N-dealkylation sites (tertiary alicyclic amines) is 1. The molecule has 2 heterocycles. The summed E-state index contributed by atoms with van der Waals surface area (Å²) >= 11 is 4.93. The van der Waals surface area contributed by atoms with Crippen LogP contribution in [0.4, 0.5) is 0 Å². The lowest BCUT2D eigenvalue weighted by molar-refractivity contribution is 0.0809. The molecule has 1 aliphatic heterocycles. The van der Waals surface area contributed by atoms with Crippen molar-refractivity contribution in [1.82, 2.24) is 4.90 Å². The first kappa shape index (κ1) is 13.2. The van der Waals surface area contributed by atoms with Gasteiger partial charge >= 0.3 is 0 Å². The second-order valence-corrected chi connectivity index (χ2v) is 7.45. The number of rotatable bonds is 3. The molecular formula is C13H18BrNOS. The zero-order valence-corrected chi connectivity index (χ0v) is 12.7. The summed E-state index contributed by atoms with van der Waals surface area (Å²) in [4.78, 5) is 15.3. The van der Waals surface area contributed by atoms with Crippen LogP contribution in [-0.2, 0) is 0 Å². The number of nitrogens with zero attached hydrogens (tertiary/aromatic N) is 1. The van der Waals surface area contributed by atoms with Crippen molar-refractivity contribution in [2.75, 3.05) is 13.1 Å². The van der Waals surface area contributed by atoms with Gasteiger partial charge < -0.3 is 0 Å². The predicted molar refractivity (Wildman–Crippen MR) is 75.8 cm³/mol. The maximum Gasteiger partial charge on any atom is 0.186 e. The molecule has 0 saturated carbocycles. The summed E-state index contributed by atoms with van der Waals surface area (Å²) in [5.41, 5.74) is 0. The van der Waals surface area contributed by atoms with E-state index in [2.05, 4.69) is 34.7 Å². The first-order valence-corrected chi connectivity index (χ1v) is 7.70. The van der Waals surface area contributed by atoms with Gasteiger partial charge in [-0.1, -0.05) is 6.92 Å². The number of hydrogen-bond donors (Lipinski definition) is 0. The van der Waals surface area contributed by atoms with Crippen molar-refractivity contribution in [1.29, 1.82) is 0 Å². The van der Waals surface area contributed by atoms with Crippen molar-refractivity contribution in [2.45, 2.75) is 32.7 Å². The second kappa shape index (κ2) is 5.63. The minimum atomic E-state index is 0.252. The van der Waals surface area contributed by atoms with Gasteiger partial charge in [0.25, 0.3) is 0 Å². The van der Waals surface area contributed by atoms with Gasteiger partial charge in [-0.2, -0.15) is 0 Å². The van der Waals surface area contributed by atoms with E-state index in [4.69, 9.17) is 0 Å². The van der Waals surface area contributed by atoms with Crippen LogP contribution in [0.25, 0.3) is 0 Å². The number of halogens is 1. The van der Waals surface area contributed by atoms with E-state index >= 15 is 0 Å². The Balaban J connectivity index is 1.98. The Labute approximate surface area is 115 Å². The summed E-state index contributed by atoms with van der Waals surface area (Å²) in [6, 6.07) is 4.40. The van der Waals surface area contributed by atoms with E-state index in [0.717, 1.165) is 15.2 Å². The largest absolute Gasteiger partial charge is 0.293 e. The summed E-state index contributed by atoms with van der Waals surface area (Å²) in [7, 11) is 0. The van der Waals surface area contributed by atoms with E-state index in [9.17, 15) is 4.79 Å². The maximum absolute atomic E-state index is 12.1. The molecule has 0 amide bonds. The van der Waals surface area contributed by atoms with E-state index in [1.165, 1.54) is 24.2 Å². The van der Waals surface area contributed by atoms with Gasteiger partial charge in [0.05, 0.1) is 15.2 Å². The monoisotopic (exact) mass is 315 g/mol. The maximum atomic E-state index is 12.1. The first-order chi connectivity index (χ1) is 8.06. The Kier molecular flexibility index (Phi) is 4.39. The average molecular weight is 316 g/mol. The van der Waals surface area contributed by atoms with Crippen LogP contribution < -0.4 is 0 Å². The minimum Gasteiger partial charge on any atom is -0.293 e. The number of Topliss-reactive ketones (excluding diaryl/α,β-unsaturated/α-hetero) is 1. The first-order valence-electron chi connectivity index (χ1n) is 6.09. The Morgan fingerprint density at radius 2 is 2.24 bits per heavy atom. The Bertz CT molecular complexity index is 404. The van der Waals surface area contributed by atoms with Gasteiger partial charge in [-0.05, 0) is 53.7 Å². The Hall–Kier alpha value is -0.190. The van der Waals surface area contributed by atoms with Crippen LogP contribution in [0.1, 0.15) is 36.4 Å². The van der Waals surface area contributed by atoms with E-state index in [-0.39, 0.29) is 5.78 Å². The third-order valence-corrected chi connectivity index (χ3v) is 5.11. The summed E-state index contributed by atoms with van der Waals surface area (Å²) in [5, 5.41) is 0. The summed E-state index contributed by atoms with van der Waals surface area (Å²) in [6.45, 7) is 6.12. The molecule has 0 aliphatic carbocycles. The number of ketones is 1. The second-order valence-electron chi connectivity index (χ2n) is 4.99. The van der Waals surface area contributed by atoms with Crippen molar-refractivity contribution in [3.63, 3.8) is 0 Å². The van der Waals surface area contributed by atoms with E-state index in [0.29, 0.717) is 18.5 Å². The molecule has 1 saturated heterocycles. The van der Waals surface area contributed by atoms with Crippen LogP contribution >= 0.6 is 27.3 Å². The number of thiophene rings is 1. The van der Waals surface area contributed by atoms with Crippen LogP contribution in [0.3, 0.4) is 0 Å². The molecule has 0 spiro atoms. The predicted octanol–water partition coefficient (Wildman–Crippen LogP) is 3.81. The molecule has 0 N–H and O–H groups in total. The van der Waals surface area contributed by atoms with Crippen LogP contribution in [0, 0.1) is 5.92 Å². The zero-order chi connectivity index (χ0) is 12.4. The van der Waals surface area contributed by atoms with Gasteiger partial charge in [-0.15, -0.1) is 11.3 Å². The molecule has 17 heavy (non-hydrogen) atoms. The topological polar surface area (TPSA) is 20.3 Å². The molecule has 0 radical (unpaired) electrons. The Morgan fingerprint density at radius 3 is 2.88 bits per heavy atom. The molecule has 1 aromatic heterocycles. The molecule has 0 aromatic carbocycles. The minimum absolute atomic E-state index is 0.252. The lowest BCUT2D eigenvalue weighted by Crippen LogP contribution is -2.43. The van der Waals surface area contributed by atoms with Crippen LogP contribution in [-0.4, -0.2) is 29.8 Å². The van der Waals surface area contributed by atoms with Gasteiger partial charge in [0, 0.05) is 12.6 Å². The molecule has 94 valence electrons. The van der Waals surface area contributed by atoms with Gasteiger partial charge in [0.15, 0.2) is 5.78 Å². The normalized spacial score (nSPS) is 26.1. The number of carbonyl (C=O) groups excluding carboxylic acids is 1. The van der Waals surface area contributed by atoms with Gasteiger partial charge in [0.1, 0.15) is 0 Å². The molecule has 1 aromatic rings. The highest BCUT2D eigenvalue weighted by Crippen LogP contribution is 2.25. The summed E-state index contributed by atoms with van der Waals surface area (Å²) in [6.07, 6.45) is 2.50. The van der Waals surface area contributed by atoms with Crippen LogP contribution in [0.5, 0.6) is 0 Å². The summed E-state index contributed by atoms with van der Waals surface area (Å²) in [5.74, 6) is 0.968. The molecule has 1 aliphatic rings. The lowest BCUT2D eigenvalue weighted by Gasteiger charge is -2.36. The lowest BCUT2D eigenvalue weighted by atomic mass is 9.95. The SMILES string of the molecule is CC1CCC(C)N(CC(=O)c2ccc(Br)s2)C1. The van der Waals surface area contributed by atoms with Crippen molar-refractivity contribution >= 4 is 33.0 Å². The van der Waals surface area contributed by atoms with E-state index < -0.39 is 0 Å². The average Bonchev–Trinajstić information content (AvgIpc) is 2.70. The fraction of sp³-hybridized carbons (Fsp3) is 0.615. The smallest absolute Gasteiger partial charge is 0.186 e. The van der Waals surface area contributed by atoms with Gasteiger partial charge in [0.2, 0.25) is 0 Å². The fourth-order valence-electron chi connectivity index (χ4n) is 2.33. The number of carbonyl (C=O) groups is 1. The number of hydrogen-bond acceptors (Lipinski definition) is 3. The van der Waals surface area contributed by atoms with Crippen LogP contribution in [0.15, 0.2) is 15.9 Å². The van der Waals surface area contributed by atoms with Crippen LogP contribution in [0.2, 0.25) is 0 Å². The third kappa shape index (κ3) is 3.39. The Morgan fingerprint density at radius 1 is 1.47 bits per heavy atom. The standard InChI is InChI=1S/C13H18BrNOS/c1-9-3-4-10(2)15(7-9)8-11(16)12-5-6-13(14)17-12/h5-6,9-10H,3-4,7-8H2,1-2H3. The van der Waals surface area contributed by atoms with Crippen molar-refractivity contribution in [3.05, 3.63) is 20.8 Å². The van der Waals surface area contributed by atoms with Gasteiger partial charge in [-0.3, -0.25) is 9.69 Å². The molecule has 2 rings (SSSR count). The molecule has 2 unspecified atom stereocenters. The highest BCUT2D eigenvalue weighted by Gasteiger charge is 2.25. The van der Waals surface area contributed by atoms with E-state index in [1.54, 1.807) is 0 Å². The zero-order valence-electron chi connectivity index (χ0n) is 10.3. The molecular weight excluding hydrogens is 298 g/mol. The summed E-state index contributed by atoms with van der Waals surface area (Å²) < 4.78 is 1.03. The van der Waals surface area contributed by atoms with Crippen molar-refractivity contribution in [2.24, 2.45) is 5.92 Å². The fourth-order valence-corrected chi connectivity index (χ4v) is 3.64. The molecule has 2 nitrogen and oxygen atoms in total.